The van der Waals surface area contributed by atoms with Crippen LogP contribution < -0.4 is 10.6 Å². The minimum atomic E-state index is -0.0587. The first kappa shape index (κ1) is 16.0. The number of halogens is 1. The van der Waals surface area contributed by atoms with E-state index in [-0.39, 0.29) is 18.3 Å². The van der Waals surface area contributed by atoms with Crippen molar-refractivity contribution >= 4 is 18.3 Å². The van der Waals surface area contributed by atoms with Gasteiger partial charge in [-0.1, -0.05) is 12.1 Å². The number of nitrogens with zero attached hydrogens (tertiary/aromatic N) is 1. The van der Waals surface area contributed by atoms with Crippen LogP contribution in [0.15, 0.2) is 4.52 Å². The van der Waals surface area contributed by atoms with Crippen LogP contribution in [0, 0.1) is 12.8 Å². The highest BCUT2D eigenvalue weighted by Gasteiger charge is 2.19. The Morgan fingerprint density at radius 3 is 3.00 bits per heavy atom. The summed E-state index contributed by atoms with van der Waals surface area (Å²) >= 11 is 0. The molecule has 0 radical (unpaired) electrons. The number of carbonyl (C=O) groups excluding carboxylic acids is 1. The normalized spacial score (nSPS) is 18.1. The maximum absolute atomic E-state index is 12.1. The van der Waals surface area contributed by atoms with Gasteiger partial charge in [0.25, 0.3) is 5.91 Å². The quantitative estimate of drug-likeness (QED) is 0.865. The van der Waals surface area contributed by atoms with Gasteiger partial charge in [-0.15, -0.1) is 12.4 Å². The highest BCUT2D eigenvalue weighted by molar-refractivity contribution is 5.96. The molecule has 0 bridgehead atoms. The molecular formula is C13H22ClN3O2. The second-order valence-electron chi connectivity index (χ2n) is 4.82. The first-order valence-electron chi connectivity index (χ1n) is 6.66. The standard InChI is InChI=1S/C13H21N3O2.ClH/c1-3-11-12(9(2)16-18-11)13(17)15-7-5-10-4-6-14-8-10;/h10,14H,3-8H2,1-2H3,(H,15,17);1H. The summed E-state index contributed by atoms with van der Waals surface area (Å²) in [5.74, 6) is 1.31. The van der Waals surface area contributed by atoms with E-state index in [9.17, 15) is 4.79 Å². The topological polar surface area (TPSA) is 67.2 Å². The summed E-state index contributed by atoms with van der Waals surface area (Å²) in [6.45, 7) is 6.66. The molecule has 0 aliphatic carbocycles. The summed E-state index contributed by atoms with van der Waals surface area (Å²) in [6, 6.07) is 0. The van der Waals surface area contributed by atoms with Gasteiger partial charge >= 0.3 is 0 Å². The van der Waals surface area contributed by atoms with Gasteiger partial charge < -0.3 is 15.2 Å². The van der Waals surface area contributed by atoms with Crippen molar-refractivity contribution < 1.29 is 9.32 Å². The van der Waals surface area contributed by atoms with Crippen molar-refractivity contribution in [2.45, 2.75) is 33.1 Å². The van der Waals surface area contributed by atoms with Gasteiger partial charge in [-0.25, -0.2) is 0 Å². The molecule has 1 saturated heterocycles. The number of aryl methyl sites for hydroxylation is 2. The molecule has 0 aromatic carbocycles. The van der Waals surface area contributed by atoms with E-state index in [0.29, 0.717) is 29.4 Å². The van der Waals surface area contributed by atoms with Crippen molar-refractivity contribution in [3.63, 3.8) is 0 Å². The fourth-order valence-corrected chi connectivity index (χ4v) is 2.39. The molecule has 1 aliphatic heterocycles. The fraction of sp³-hybridized carbons (Fsp3) is 0.692. The number of aromatic nitrogens is 1. The largest absolute Gasteiger partial charge is 0.360 e. The number of amides is 1. The summed E-state index contributed by atoms with van der Waals surface area (Å²) in [6.07, 6.45) is 2.93. The molecule has 1 fully saturated rings. The molecule has 1 aromatic rings. The lowest BCUT2D eigenvalue weighted by atomic mass is 10.1. The van der Waals surface area contributed by atoms with Crippen LogP contribution in [0.4, 0.5) is 0 Å². The van der Waals surface area contributed by atoms with E-state index in [2.05, 4.69) is 15.8 Å². The molecule has 1 aliphatic rings. The van der Waals surface area contributed by atoms with Crippen LogP contribution in [0.5, 0.6) is 0 Å². The number of hydrogen-bond acceptors (Lipinski definition) is 4. The van der Waals surface area contributed by atoms with E-state index < -0.39 is 0 Å². The van der Waals surface area contributed by atoms with Gasteiger partial charge in [-0.05, 0) is 38.8 Å². The summed E-state index contributed by atoms with van der Waals surface area (Å²) < 4.78 is 5.12. The molecule has 1 aromatic heterocycles. The van der Waals surface area contributed by atoms with Gasteiger partial charge in [0, 0.05) is 13.0 Å². The van der Waals surface area contributed by atoms with Crippen LogP contribution in [0.1, 0.15) is 41.6 Å². The maximum Gasteiger partial charge on any atom is 0.256 e. The molecule has 1 unspecified atom stereocenters. The SMILES string of the molecule is CCc1onc(C)c1C(=O)NCCC1CCNC1.Cl. The Morgan fingerprint density at radius 2 is 2.37 bits per heavy atom. The number of nitrogens with one attached hydrogen (secondary N) is 2. The highest BCUT2D eigenvalue weighted by Crippen LogP contribution is 2.15. The molecule has 19 heavy (non-hydrogen) atoms. The predicted molar refractivity (Wildman–Crippen MR) is 75.8 cm³/mol. The Hall–Kier alpha value is -1.07. The maximum atomic E-state index is 12.1. The van der Waals surface area contributed by atoms with Crippen molar-refractivity contribution in [3.8, 4) is 0 Å². The number of rotatable bonds is 5. The Balaban J connectivity index is 0.00000180. The molecule has 1 amide bonds. The molecule has 1 atom stereocenters. The zero-order valence-corrected chi connectivity index (χ0v) is 12.3. The molecule has 2 heterocycles. The Morgan fingerprint density at radius 1 is 1.58 bits per heavy atom. The monoisotopic (exact) mass is 287 g/mol. The minimum Gasteiger partial charge on any atom is -0.360 e. The van der Waals surface area contributed by atoms with Crippen LogP contribution in [0.25, 0.3) is 0 Å². The van der Waals surface area contributed by atoms with E-state index >= 15 is 0 Å². The lowest BCUT2D eigenvalue weighted by Crippen LogP contribution is -2.27. The Kier molecular flexibility index (Phi) is 6.31. The van der Waals surface area contributed by atoms with Gasteiger partial charge in [0.2, 0.25) is 0 Å². The predicted octanol–water partition coefficient (Wildman–Crippen LogP) is 1.70. The molecule has 108 valence electrons. The van der Waals surface area contributed by atoms with Gasteiger partial charge in [0.1, 0.15) is 11.3 Å². The molecular weight excluding hydrogens is 266 g/mol. The molecule has 0 spiro atoms. The van der Waals surface area contributed by atoms with Gasteiger partial charge in [0.15, 0.2) is 0 Å². The summed E-state index contributed by atoms with van der Waals surface area (Å²) in [4.78, 5) is 12.1. The Bertz CT molecular complexity index is 414. The molecule has 5 nitrogen and oxygen atoms in total. The average molecular weight is 288 g/mol. The van der Waals surface area contributed by atoms with Crippen LogP contribution in [-0.2, 0) is 6.42 Å². The zero-order chi connectivity index (χ0) is 13.0. The van der Waals surface area contributed by atoms with Gasteiger partial charge in [-0.3, -0.25) is 4.79 Å². The lowest BCUT2D eigenvalue weighted by Gasteiger charge is -2.09. The van der Waals surface area contributed by atoms with Crippen LogP contribution in [-0.4, -0.2) is 30.7 Å². The fourth-order valence-electron chi connectivity index (χ4n) is 2.39. The second-order valence-corrected chi connectivity index (χ2v) is 4.82. The van der Waals surface area contributed by atoms with E-state index in [0.717, 1.165) is 26.1 Å². The number of hydrogen-bond donors (Lipinski definition) is 2. The molecule has 6 heteroatoms. The van der Waals surface area contributed by atoms with Gasteiger partial charge in [-0.2, -0.15) is 0 Å². The van der Waals surface area contributed by atoms with Gasteiger partial charge in [0.05, 0.1) is 5.69 Å². The van der Waals surface area contributed by atoms with E-state index in [1.165, 1.54) is 6.42 Å². The Labute approximate surface area is 119 Å². The van der Waals surface area contributed by atoms with Crippen LogP contribution in [0.2, 0.25) is 0 Å². The molecule has 0 saturated carbocycles. The second kappa shape index (κ2) is 7.50. The van der Waals surface area contributed by atoms with E-state index in [1.807, 2.05) is 6.92 Å². The first-order chi connectivity index (χ1) is 8.72. The molecule has 2 rings (SSSR count). The van der Waals surface area contributed by atoms with E-state index in [4.69, 9.17) is 4.52 Å². The zero-order valence-electron chi connectivity index (χ0n) is 11.5. The summed E-state index contributed by atoms with van der Waals surface area (Å²) in [5.41, 5.74) is 1.29. The average Bonchev–Trinajstić information content (AvgIpc) is 2.98. The van der Waals surface area contributed by atoms with E-state index in [1.54, 1.807) is 6.92 Å². The van der Waals surface area contributed by atoms with Crippen molar-refractivity contribution in [2.24, 2.45) is 5.92 Å². The van der Waals surface area contributed by atoms with Crippen molar-refractivity contribution in [3.05, 3.63) is 17.0 Å². The summed E-state index contributed by atoms with van der Waals surface area (Å²) in [5, 5.41) is 10.1. The minimum absolute atomic E-state index is 0. The third-order valence-corrected chi connectivity index (χ3v) is 3.48. The summed E-state index contributed by atoms with van der Waals surface area (Å²) in [7, 11) is 0. The number of carbonyl (C=O) groups is 1. The highest BCUT2D eigenvalue weighted by atomic mass is 35.5. The van der Waals surface area contributed by atoms with Crippen LogP contribution in [0.3, 0.4) is 0 Å². The lowest BCUT2D eigenvalue weighted by molar-refractivity contribution is 0.0949. The molecule has 2 N–H and O–H groups in total. The third-order valence-electron chi connectivity index (χ3n) is 3.48. The third kappa shape index (κ3) is 3.94. The smallest absolute Gasteiger partial charge is 0.256 e. The first-order valence-corrected chi connectivity index (χ1v) is 6.66. The van der Waals surface area contributed by atoms with Crippen molar-refractivity contribution in [2.75, 3.05) is 19.6 Å². The van der Waals surface area contributed by atoms with Crippen molar-refractivity contribution in [1.29, 1.82) is 0 Å². The van der Waals surface area contributed by atoms with Crippen molar-refractivity contribution in [1.82, 2.24) is 15.8 Å². The van der Waals surface area contributed by atoms with Crippen LogP contribution >= 0.6 is 12.4 Å².